The SMILES string of the molecule is [2H]C([2H])([2H])C([2H])(c1nc(-c2ccccc2C)[n+](C)cc1C(C)(C)C)C([2H])([2H])[2H]. The van der Waals surface area contributed by atoms with Crippen molar-refractivity contribution in [1.82, 2.24) is 4.98 Å². The quantitative estimate of drug-likeness (QED) is 0.753. The summed E-state index contributed by atoms with van der Waals surface area (Å²) in [6, 6.07) is 7.45. The molecule has 21 heavy (non-hydrogen) atoms. The lowest BCUT2D eigenvalue weighted by Gasteiger charge is -2.21. The average Bonchev–Trinajstić information content (AvgIpc) is 2.51. The maximum Gasteiger partial charge on any atom is 0.330 e. The third-order valence-corrected chi connectivity index (χ3v) is 3.56. The first-order chi connectivity index (χ1) is 12.5. The van der Waals surface area contributed by atoms with E-state index in [9.17, 15) is 0 Å². The molecule has 0 spiro atoms. The van der Waals surface area contributed by atoms with Crippen molar-refractivity contribution in [3.05, 3.63) is 47.3 Å². The average molecular weight is 290 g/mol. The van der Waals surface area contributed by atoms with E-state index in [4.69, 9.17) is 9.60 Å². The number of nitrogens with zero attached hydrogens (tertiary/aromatic N) is 2. The maximum atomic E-state index is 8.67. The van der Waals surface area contributed by atoms with Gasteiger partial charge < -0.3 is 0 Å². The highest BCUT2D eigenvalue weighted by Crippen LogP contribution is 2.30. The van der Waals surface area contributed by atoms with Crippen LogP contribution in [0.5, 0.6) is 0 Å². The third-order valence-electron chi connectivity index (χ3n) is 3.56. The van der Waals surface area contributed by atoms with Crippen LogP contribution in [0.15, 0.2) is 30.5 Å². The largest absolute Gasteiger partial charge is 0.330 e. The normalized spacial score (nSPS) is 18.6. The molecule has 0 unspecified atom stereocenters. The summed E-state index contributed by atoms with van der Waals surface area (Å²) in [6.45, 7) is 1.26. The lowest BCUT2D eigenvalue weighted by Crippen LogP contribution is -2.36. The zero-order valence-electron chi connectivity index (χ0n) is 20.3. The Morgan fingerprint density at radius 2 is 1.90 bits per heavy atom. The Bertz CT molecular complexity index is 863. The van der Waals surface area contributed by atoms with E-state index in [1.165, 1.54) is 0 Å². The number of benzene rings is 1. The van der Waals surface area contributed by atoms with Gasteiger partial charge in [0.15, 0.2) is 5.69 Å². The second-order valence-electron chi connectivity index (χ2n) is 6.38. The van der Waals surface area contributed by atoms with E-state index in [-0.39, 0.29) is 5.69 Å². The predicted molar refractivity (Wildman–Crippen MR) is 88.4 cm³/mol. The van der Waals surface area contributed by atoms with Crippen LogP contribution >= 0.6 is 0 Å². The van der Waals surface area contributed by atoms with E-state index in [1.807, 2.05) is 52.0 Å². The van der Waals surface area contributed by atoms with Crippen molar-refractivity contribution in [3.63, 3.8) is 0 Å². The molecule has 0 bridgehead atoms. The van der Waals surface area contributed by atoms with Crippen LogP contribution < -0.4 is 4.57 Å². The van der Waals surface area contributed by atoms with Crippen LogP contribution in [0.2, 0.25) is 0 Å². The fourth-order valence-corrected chi connectivity index (χ4v) is 2.37. The number of aromatic nitrogens is 2. The summed E-state index contributed by atoms with van der Waals surface area (Å²) in [5.74, 6) is -2.43. The molecule has 2 aromatic rings. The minimum absolute atomic E-state index is 0.226. The van der Waals surface area contributed by atoms with Crippen LogP contribution in [-0.2, 0) is 12.5 Å². The van der Waals surface area contributed by atoms with Crippen LogP contribution in [0.1, 0.15) is 66.8 Å². The summed E-state index contributed by atoms with van der Waals surface area (Å²) in [6.07, 6.45) is 1.70. The predicted octanol–water partition coefficient (Wildman–Crippen LogP) is 4.30. The molecule has 0 fully saturated rings. The van der Waals surface area contributed by atoms with Crippen LogP contribution in [0.3, 0.4) is 0 Å². The summed E-state index contributed by atoms with van der Waals surface area (Å²) < 4.78 is 57.8. The second kappa shape index (κ2) is 5.59. The standard InChI is InChI=1S/C19H27N2/c1-13(2)17-16(19(4,5)6)12-21(7)18(20-17)15-11-9-8-10-14(15)3/h8-13H,1-7H3/q+1/i1D3,2D3,13D. The highest BCUT2D eigenvalue weighted by Gasteiger charge is 2.29. The van der Waals surface area contributed by atoms with Gasteiger partial charge in [-0.15, -0.1) is 0 Å². The molecule has 0 atom stereocenters. The van der Waals surface area contributed by atoms with E-state index in [0.29, 0.717) is 11.4 Å². The summed E-state index contributed by atoms with van der Waals surface area (Å²) in [7, 11) is 1.78. The molecular formula is C19H27N2+. The molecule has 0 saturated heterocycles. The molecule has 2 heteroatoms. The van der Waals surface area contributed by atoms with Crippen LogP contribution in [0, 0.1) is 6.92 Å². The van der Waals surface area contributed by atoms with Crippen LogP contribution in [0.25, 0.3) is 11.4 Å². The Morgan fingerprint density at radius 3 is 2.48 bits per heavy atom. The summed E-state index contributed by atoms with van der Waals surface area (Å²) in [4.78, 5) is 4.53. The lowest BCUT2D eigenvalue weighted by atomic mass is 9.84. The van der Waals surface area contributed by atoms with Gasteiger partial charge in [-0.2, -0.15) is 0 Å². The van der Waals surface area contributed by atoms with Gasteiger partial charge in [-0.25, -0.2) is 4.57 Å². The Kier molecular flexibility index (Phi) is 2.31. The highest BCUT2D eigenvalue weighted by molar-refractivity contribution is 5.57. The van der Waals surface area contributed by atoms with Crippen molar-refractivity contribution in [2.75, 3.05) is 0 Å². The molecule has 1 aromatic carbocycles. The molecule has 0 N–H and O–H groups in total. The number of hydrogen-bond acceptors (Lipinski definition) is 1. The molecule has 1 heterocycles. The summed E-state index contributed by atoms with van der Waals surface area (Å²) in [5.41, 5.74) is 1.27. The van der Waals surface area contributed by atoms with Gasteiger partial charge in [-0.05, 0) is 29.0 Å². The zero-order chi connectivity index (χ0) is 21.7. The topological polar surface area (TPSA) is 16.8 Å². The second-order valence-corrected chi connectivity index (χ2v) is 6.38. The van der Waals surface area contributed by atoms with E-state index < -0.39 is 25.0 Å². The highest BCUT2D eigenvalue weighted by atomic mass is 15.0. The van der Waals surface area contributed by atoms with Gasteiger partial charge >= 0.3 is 5.82 Å². The Hall–Kier alpha value is -1.70. The molecule has 1 aromatic heterocycles. The van der Waals surface area contributed by atoms with Crippen LogP contribution in [-0.4, -0.2) is 4.98 Å². The molecular weight excluding hydrogens is 256 g/mol. The fourth-order valence-electron chi connectivity index (χ4n) is 2.37. The number of aryl methyl sites for hydroxylation is 2. The number of hydrogen-bond donors (Lipinski definition) is 0. The summed E-state index contributed by atoms with van der Waals surface area (Å²) in [5, 5.41) is 0. The van der Waals surface area contributed by atoms with E-state index >= 15 is 0 Å². The lowest BCUT2D eigenvalue weighted by molar-refractivity contribution is -0.663. The molecule has 0 radical (unpaired) electrons. The van der Waals surface area contributed by atoms with E-state index in [1.54, 1.807) is 17.8 Å². The van der Waals surface area contributed by atoms with E-state index in [2.05, 4.69) is 4.98 Å². The van der Waals surface area contributed by atoms with Gasteiger partial charge in [-0.1, -0.05) is 52.7 Å². The minimum Gasteiger partial charge on any atom is -0.233 e. The zero-order valence-corrected chi connectivity index (χ0v) is 13.3. The molecule has 112 valence electrons. The Morgan fingerprint density at radius 1 is 1.24 bits per heavy atom. The van der Waals surface area contributed by atoms with Gasteiger partial charge in [0.05, 0.1) is 18.8 Å². The molecule has 0 aliphatic carbocycles. The fraction of sp³-hybridized carbons (Fsp3) is 0.474. The van der Waals surface area contributed by atoms with Gasteiger partial charge in [0.25, 0.3) is 0 Å². The van der Waals surface area contributed by atoms with Gasteiger partial charge in [-0.3, -0.25) is 0 Å². The van der Waals surface area contributed by atoms with Crippen LogP contribution in [0.4, 0.5) is 0 Å². The third kappa shape index (κ3) is 3.15. The Labute approximate surface area is 138 Å². The van der Waals surface area contributed by atoms with Crippen molar-refractivity contribution in [1.29, 1.82) is 0 Å². The van der Waals surface area contributed by atoms with Crippen molar-refractivity contribution in [2.24, 2.45) is 7.05 Å². The van der Waals surface area contributed by atoms with Crippen molar-refractivity contribution in [3.8, 4) is 11.4 Å². The molecule has 2 rings (SSSR count). The molecule has 0 saturated carbocycles. The van der Waals surface area contributed by atoms with Crippen molar-refractivity contribution in [2.45, 2.75) is 52.7 Å². The molecule has 0 aliphatic heterocycles. The molecule has 0 amide bonds. The summed E-state index contributed by atoms with van der Waals surface area (Å²) >= 11 is 0. The van der Waals surface area contributed by atoms with Gasteiger partial charge in [0, 0.05) is 21.1 Å². The van der Waals surface area contributed by atoms with Crippen molar-refractivity contribution < 1.29 is 14.2 Å². The maximum absolute atomic E-state index is 8.67. The minimum atomic E-state index is -3.09. The Balaban J connectivity index is 2.99. The first-order valence-electron chi connectivity index (χ1n) is 10.5. The molecule has 2 nitrogen and oxygen atoms in total. The first kappa shape index (κ1) is 8.67. The smallest absolute Gasteiger partial charge is 0.233 e. The van der Waals surface area contributed by atoms with Gasteiger partial charge in [0.2, 0.25) is 0 Å². The van der Waals surface area contributed by atoms with E-state index in [0.717, 1.165) is 11.1 Å². The molecule has 0 aliphatic rings. The monoisotopic (exact) mass is 290 g/mol. The number of rotatable bonds is 2. The van der Waals surface area contributed by atoms with Gasteiger partial charge in [0.1, 0.15) is 0 Å². The first-order valence-corrected chi connectivity index (χ1v) is 6.99. The van der Waals surface area contributed by atoms with Crippen molar-refractivity contribution >= 4 is 0 Å².